The van der Waals surface area contributed by atoms with Crippen molar-refractivity contribution in [2.24, 2.45) is 0 Å². The van der Waals surface area contributed by atoms with Gasteiger partial charge in [0.2, 0.25) is 0 Å². The maximum absolute atomic E-state index is 12.9. The van der Waals surface area contributed by atoms with Crippen LogP contribution in [0, 0.1) is 0 Å². The molecule has 1 aromatic carbocycles. The minimum atomic E-state index is -3.56. The molecule has 2 aliphatic rings. The Bertz CT molecular complexity index is 481. The molecule has 19 heavy (non-hydrogen) atoms. The molecule has 6 heteroatoms. The van der Waals surface area contributed by atoms with Crippen molar-refractivity contribution in [1.82, 2.24) is 0 Å². The van der Waals surface area contributed by atoms with E-state index in [0.29, 0.717) is 18.3 Å². The average Bonchev–Trinajstić information content (AvgIpc) is 2.87. The van der Waals surface area contributed by atoms with Crippen molar-refractivity contribution in [3.05, 3.63) is 18.2 Å². The normalized spacial score (nSPS) is 27.5. The van der Waals surface area contributed by atoms with Gasteiger partial charge < -0.3 is 19.5 Å². The summed E-state index contributed by atoms with van der Waals surface area (Å²) in [4.78, 5) is 0. The molecule has 0 bridgehead atoms. The summed E-state index contributed by atoms with van der Waals surface area (Å²) in [5, 5.41) is 3.16. The van der Waals surface area contributed by atoms with Crippen molar-refractivity contribution in [1.29, 1.82) is 0 Å². The number of ether oxygens (including phenoxy) is 3. The third kappa shape index (κ3) is 2.73. The number of benzene rings is 1. The predicted molar refractivity (Wildman–Crippen MR) is 64.7 cm³/mol. The van der Waals surface area contributed by atoms with E-state index >= 15 is 0 Å². The fourth-order valence-electron chi connectivity index (χ4n) is 2.33. The summed E-state index contributed by atoms with van der Waals surface area (Å²) in [6, 6.07) is 4.66. The zero-order valence-corrected chi connectivity index (χ0v) is 10.5. The van der Waals surface area contributed by atoms with Crippen LogP contribution in [0.4, 0.5) is 14.5 Å². The Kier molecular flexibility index (Phi) is 2.97. The Morgan fingerprint density at radius 1 is 1.26 bits per heavy atom. The third-order valence-electron chi connectivity index (χ3n) is 3.26. The number of anilines is 1. The van der Waals surface area contributed by atoms with Gasteiger partial charge in [-0.1, -0.05) is 0 Å². The Morgan fingerprint density at radius 2 is 2.05 bits per heavy atom. The molecular weight excluding hydrogens is 256 g/mol. The molecule has 104 valence electrons. The Labute approximate surface area is 109 Å². The number of nitrogens with one attached hydrogen (secondary N) is 1. The molecule has 0 amide bonds. The lowest BCUT2D eigenvalue weighted by Gasteiger charge is -2.13. The van der Waals surface area contributed by atoms with Gasteiger partial charge in [0.05, 0.1) is 12.2 Å². The molecule has 2 heterocycles. The van der Waals surface area contributed by atoms with Gasteiger partial charge in [-0.2, -0.15) is 0 Å². The predicted octanol–water partition coefficient (Wildman–Crippen LogP) is 2.99. The molecule has 0 spiro atoms. The second kappa shape index (κ2) is 4.52. The molecular formula is C13H15F2NO3. The van der Waals surface area contributed by atoms with Gasteiger partial charge in [-0.15, -0.1) is 8.78 Å². The molecule has 1 aromatic rings. The highest BCUT2D eigenvalue weighted by molar-refractivity contribution is 5.56. The van der Waals surface area contributed by atoms with E-state index in [-0.39, 0.29) is 17.6 Å². The first-order chi connectivity index (χ1) is 9.02. The molecule has 2 aliphatic heterocycles. The molecule has 2 atom stereocenters. The van der Waals surface area contributed by atoms with E-state index in [9.17, 15) is 8.78 Å². The Balaban J connectivity index is 1.61. The van der Waals surface area contributed by atoms with Crippen LogP contribution in [0.5, 0.6) is 11.5 Å². The highest BCUT2D eigenvalue weighted by Gasteiger charge is 2.43. The number of rotatable bonds is 3. The summed E-state index contributed by atoms with van der Waals surface area (Å²) in [5.74, 6) is 0.108. The number of alkyl halides is 2. The fraction of sp³-hybridized carbons (Fsp3) is 0.538. The van der Waals surface area contributed by atoms with E-state index < -0.39 is 6.29 Å². The summed E-state index contributed by atoms with van der Waals surface area (Å²) < 4.78 is 40.1. The van der Waals surface area contributed by atoms with Gasteiger partial charge >= 0.3 is 6.29 Å². The number of halogens is 2. The number of hydrogen-bond acceptors (Lipinski definition) is 4. The van der Waals surface area contributed by atoms with E-state index in [2.05, 4.69) is 14.8 Å². The molecule has 0 aromatic heterocycles. The van der Waals surface area contributed by atoms with Crippen LogP contribution in [0.25, 0.3) is 0 Å². The molecule has 0 saturated carbocycles. The van der Waals surface area contributed by atoms with Crippen molar-refractivity contribution in [3.63, 3.8) is 0 Å². The smallest absolute Gasteiger partial charge is 0.395 e. The van der Waals surface area contributed by atoms with E-state index in [1.54, 1.807) is 6.07 Å². The first kappa shape index (κ1) is 12.5. The molecule has 0 radical (unpaired) electrons. The zero-order chi connectivity index (χ0) is 13.5. The Morgan fingerprint density at radius 3 is 2.79 bits per heavy atom. The first-order valence-electron chi connectivity index (χ1n) is 6.31. The number of fused-ring (bicyclic) bond motifs is 1. The summed E-state index contributed by atoms with van der Waals surface area (Å²) in [6.07, 6.45) is -1.04. The van der Waals surface area contributed by atoms with Gasteiger partial charge in [-0.05, 0) is 31.9 Å². The van der Waals surface area contributed by atoms with Gasteiger partial charge in [-0.25, -0.2) is 0 Å². The van der Waals surface area contributed by atoms with Gasteiger partial charge in [0, 0.05) is 18.3 Å². The van der Waals surface area contributed by atoms with Crippen LogP contribution in [0.1, 0.15) is 19.8 Å². The first-order valence-corrected chi connectivity index (χ1v) is 6.31. The van der Waals surface area contributed by atoms with Crippen LogP contribution in [0.3, 0.4) is 0 Å². The zero-order valence-electron chi connectivity index (χ0n) is 10.5. The fourth-order valence-corrected chi connectivity index (χ4v) is 2.33. The van der Waals surface area contributed by atoms with Crippen LogP contribution in [-0.2, 0) is 4.74 Å². The lowest BCUT2D eigenvalue weighted by molar-refractivity contribution is -0.286. The maximum atomic E-state index is 12.9. The van der Waals surface area contributed by atoms with E-state index in [1.807, 2.05) is 6.92 Å². The van der Waals surface area contributed by atoms with Crippen LogP contribution in [0.2, 0.25) is 0 Å². The molecule has 2 unspecified atom stereocenters. The molecule has 3 rings (SSSR count). The molecule has 1 N–H and O–H groups in total. The monoisotopic (exact) mass is 271 g/mol. The van der Waals surface area contributed by atoms with Crippen molar-refractivity contribution in [2.45, 2.75) is 38.3 Å². The topological polar surface area (TPSA) is 39.7 Å². The molecule has 4 nitrogen and oxygen atoms in total. The van der Waals surface area contributed by atoms with Crippen molar-refractivity contribution in [3.8, 4) is 11.5 Å². The molecule has 0 aliphatic carbocycles. The minimum absolute atomic E-state index is 0.0516. The van der Waals surface area contributed by atoms with Crippen LogP contribution in [0.15, 0.2) is 18.2 Å². The summed E-state index contributed by atoms with van der Waals surface area (Å²) in [7, 11) is 0. The maximum Gasteiger partial charge on any atom is 0.586 e. The van der Waals surface area contributed by atoms with E-state index in [1.165, 1.54) is 12.1 Å². The van der Waals surface area contributed by atoms with Gasteiger partial charge in [0.15, 0.2) is 11.5 Å². The second-order valence-corrected chi connectivity index (χ2v) is 4.86. The van der Waals surface area contributed by atoms with E-state index in [4.69, 9.17) is 4.74 Å². The average molecular weight is 271 g/mol. The summed E-state index contributed by atoms with van der Waals surface area (Å²) in [6.45, 7) is 2.70. The minimum Gasteiger partial charge on any atom is -0.395 e. The number of hydrogen-bond donors (Lipinski definition) is 1. The third-order valence-corrected chi connectivity index (χ3v) is 3.26. The highest BCUT2D eigenvalue weighted by atomic mass is 19.3. The van der Waals surface area contributed by atoms with Crippen LogP contribution < -0.4 is 14.8 Å². The van der Waals surface area contributed by atoms with Crippen molar-refractivity contribution >= 4 is 5.69 Å². The summed E-state index contributed by atoms with van der Waals surface area (Å²) >= 11 is 0. The Hall–Kier alpha value is -1.56. The van der Waals surface area contributed by atoms with Crippen LogP contribution in [-0.4, -0.2) is 25.0 Å². The lowest BCUT2D eigenvalue weighted by Crippen LogP contribution is -2.25. The lowest BCUT2D eigenvalue weighted by atomic mass is 10.2. The van der Waals surface area contributed by atoms with Crippen LogP contribution >= 0.6 is 0 Å². The van der Waals surface area contributed by atoms with E-state index in [0.717, 1.165) is 12.8 Å². The summed E-state index contributed by atoms with van der Waals surface area (Å²) in [5.41, 5.74) is 0.711. The van der Waals surface area contributed by atoms with Gasteiger partial charge in [0.25, 0.3) is 0 Å². The standard InChI is InChI=1S/C13H15F2NO3/c1-8-2-4-10(17-8)7-16-9-3-5-11-12(6-9)19-13(14,15)18-11/h3,5-6,8,10,16H,2,4,7H2,1H3. The second-order valence-electron chi connectivity index (χ2n) is 4.86. The molecule has 1 saturated heterocycles. The van der Waals surface area contributed by atoms with Crippen molar-refractivity contribution in [2.75, 3.05) is 11.9 Å². The quantitative estimate of drug-likeness (QED) is 0.917. The van der Waals surface area contributed by atoms with Gasteiger partial charge in [-0.3, -0.25) is 0 Å². The van der Waals surface area contributed by atoms with Crippen molar-refractivity contribution < 1.29 is 23.0 Å². The van der Waals surface area contributed by atoms with Gasteiger partial charge in [0.1, 0.15) is 0 Å². The highest BCUT2D eigenvalue weighted by Crippen LogP contribution is 2.42. The largest absolute Gasteiger partial charge is 0.586 e. The molecule has 1 fully saturated rings. The SMILES string of the molecule is CC1CCC(CNc2ccc3c(c2)OC(F)(F)O3)O1.